The number of amides is 2. The number of rotatable bonds is 12. The van der Waals surface area contributed by atoms with Gasteiger partial charge in [0.15, 0.2) is 0 Å². The molecule has 3 aromatic carbocycles. The molecule has 0 heterocycles. The first kappa shape index (κ1) is 29.3. The molecule has 2 amide bonds. The van der Waals surface area contributed by atoms with E-state index in [1.165, 1.54) is 11.0 Å². The second-order valence-electron chi connectivity index (χ2n) is 8.86. The Hall–Kier alpha value is -3.24. The predicted octanol–water partition coefficient (Wildman–Crippen LogP) is 4.52. The van der Waals surface area contributed by atoms with Gasteiger partial charge < -0.3 is 10.2 Å². The average molecular weight is 605 g/mol. The van der Waals surface area contributed by atoms with E-state index < -0.39 is 40.2 Å². The van der Waals surface area contributed by atoms with Crippen molar-refractivity contribution in [2.75, 3.05) is 23.7 Å². The molecule has 0 saturated carbocycles. The fourth-order valence-corrected chi connectivity index (χ4v) is 5.07. The molecule has 202 valence electrons. The van der Waals surface area contributed by atoms with Gasteiger partial charge in [-0.05, 0) is 42.3 Å². The van der Waals surface area contributed by atoms with Gasteiger partial charge >= 0.3 is 0 Å². The van der Waals surface area contributed by atoms with Crippen LogP contribution in [0.3, 0.4) is 0 Å². The molecule has 0 unspecified atom stereocenters. The van der Waals surface area contributed by atoms with Crippen LogP contribution in [0.25, 0.3) is 0 Å². The number of hydrogen-bond acceptors (Lipinski definition) is 4. The Labute approximate surface area is 231 Å². The lowest BCUT2D eigenvalue weighted by atomic mass is 10.0. The van der Waals surface area contributed by atoms with E-state index in [-0.39, 0.29) is 18.5 Å². The normalized spacial score (nSPS) is 12.0. The molecule has 0 aromatic heterocycles. The minimum absolute atomic E-state index is 0.174. The van der Waals surface area contributed by atoms with Crippen molar-refractivity contribution in [3.8, 4) is 0 Å². The van der Waals surface area contributed by atoms with Crippen LogP contribution in [0, 0.1) is 5.82 Å². The second kappa shape index (κ2) is 13.5. The maximum Gasteiger partial charge on any atom is 0.244 e. The quantitative estimate of drug-likeness (QED) is 0.330. The summed E-state index contributed by atoms with van der Waals surface area (Å²) in [5, 5.41) is 2.85. The van der Waals surface area contributed by atoms with Gasteiger partial charge in [0.05, 0.1) is 11.9 Å². The van der Waals surface area contributed by atoms with Gasteiger partial charge in [0.2, 0.25) is 21.8 Å². The summed E-state index contributed by atoms with van der Waals surface area (Å²) in [4.78, 5) is 28.5. The Morgan fingerprint density at radius 2 is 1.61 bits per heavy atom. The molecule has 38 heavy (non-hydrogen) atoms. The number of halogens is 2. The van der Waals surface area contributed by atoms with Crippen molar-refractivity contribution >= 4 is 43.5 Å². The Kier molecular flexibility index (Phi) is 10.4. The maximum absolute atomic E-state index is 14.7. The highest BCUT2D eigenvalue weighted by Crippen LogP contribution is 2.23. The molecule has 0 bridgehead atoms. The third kappa shape index (κ3) is 8.13. The van der Waals surface area contributed by atoms with Crippen molar-refractivity contribution in [2.24, 2.45) is 0 Å². The molecule has 0 radical (unpaired) electrons. The van der Waals surface area contributed by atoms with Gasteiger partial charge in [-0.1, -0.05) is 71.4 Å². The summed E-state index contributed by atoms with van der Waals surface area (Å²) in [5.74, 6) is -1.55. The summed E-state index contributed by atoms with van der Waals surface area (Å²) < 4.78 is 41.9. The minimum Gasteiger partial charge on any atom is -0.354 e. The Balaban J connectivity index is 2.04. The van der Waals surface area contributed by atoms with Crippen molar-refractivity contribution in [3.63, 3.8) is 0 Å². The topological polar surface area (TPSA) is 86.8 Å². The van der Waals surface area contributed by atoms with Crippen LogP contribution in [0.15, 0.2) is 83.3 Å². The zero-order valence-corrected chi connectivity index (χ0v) is 23.7. The van der Waals surface area contributed by atoms with Gasteiger partial charge in [-0.25, -0.2) is 12.8 Å². The van der Waals surface area contributed by atoms with Gasteiger partial charge in [0, 0.05) is 29.5 Å². The summed E-state index contributed by atoms with van der Waals surface area (Å²) in [5.41, 5.74) is 1.32. The molecule has 3 aromatic rings. The lowest BCUT2D eigenvalue weighted by molar-refractivity contribution is -0.140. The first-order valence-corrected chi connectivity index (χ1v) is 14.8. The Morgan fingerprint density at radius 1 is 0.974 bits per heavy atom. The van der Waals surface area contributed by atoms with Crippen LogP contribution in [-0.2, 0) is 32.6 Å². The van der Waals surface area contributed by atoms with Crippen molar-refractivity contribution in [1.82, 2.24) is 10.2 Å². The van der Waals surface area contributed by atoms with E-state index in [0.29, 0.717) is 18.7 Å². The second-order valence-corrected chi connectivity index (χ2v) is 11.7. The Morgan fingerprint density at radius 3 is 2.21 bits per heavy atom. The number of sulfonamides is 1. The first-order valence-electron chi connectivity index (χ1n) is 12.2. The highest BCUT2D eigenvalue weighted by atomic mass is 79.9. The molecule has 0 aliphatic carbocycles. The zero-order valence-electron chi connectivity index (χ0n) is 21.3. The highest BCUT2D eigenvalue weighted by Gasteiger charge is 2.33. The molecule has 1 atom stereocenters. The van der Waals surface area contributed by atoms with Crippen LogP contribution in [0.2, 0.25) is 0 Å². The van der Waals surface area contributed by atoms with E-state index >= 15 is 0 Å². The molecule has 0 aliphatic rings. The van der Waals surface area contributed by atoms with Crippen LogP contribution in [0.4, 0.5) is 10.1 Å². The van der Waals surface area contributed by atoms with Crippen LogP contribution in [-0.4, -0.2) is 50.5 Å². The van der Waals surface area contributed by atoms with E-state index in [1.807, 2.05) is 37.3 Å². The summed E-state index contributed by atoms with van der Waals surface area (Å²) in [6.45, 7) is 1.55. The van der Waals surface area contributed by atoms with E-state index in [9.17, 15) is 22.4 Å². The summed E-state index contributed by atoms with van der Waals surface area (Å²) in [6.07, 6.45) is 1.88. The fraction of sp³-hybridized carbons (Fsp3) is 0.286. The minimum atomic E-state index is -3.86. The Bertz CT molecular complexity index is 1340. The van der Waals surface area contributed by atoms with Gasteiger partial charge in [0.25, 0.3) is 0 Å². The monoisotopic (exact) mass is 603 g/mol. The molecule has 3 rings (SSSR count). The van der Waals surface area contributed by atoms with E-state index in [2.05, 4.69) is 21.2 Å². The van der Waals surface area contributed by atoms with Crippen LogP contribution >= 0.6 is 15.9 Å². The molecule has 0 fully saturated rings. The standard InChI is InChI=1S/C28H31BrFN3O4S/c1-3-17-31-28(35)26(18-21-9-5-4-6-10-21)32(19-22-11-7-8-12-25(22)30)27(34)20-33(38(2,36)37)24-15-13-23(29)14-16-24/h4-16,26H,3,17-20H2,1-2H3,(H,31,35)/t26-/m0/s1. The van der Waals surface area contributed by atoms with Gasteiger partial charge in [-0.3, -0.25) is 13.9 Å². The summed E-state index contributed by atoms with van der Waals surface area (Å²) >= 11 is 3.33. The van der Waals surface area contributed by atoms with Crippen LogP contribution < -0.4 is 9.62 Å². The number of nitrogens with zero attached hydrogens (tertiary/aromatic N) is 2. The number of anilines is 1. The molecule has 0 saturated heterocycles. The van der Waals surface area contributed by atoms with Crippen molar-refractivity contribution < 1.29 is 22.4 Å². The predicted molar refractivity (Wildman–Crippen MR) is 151 cm³/mol. The van der Waals surface area contributed by atoms with E-state index in [0.717, 1.165) is 20.6 Å². The SMILES string of the molecule is CCCNC(=O)[C@H](Cc1ccccc1)N(Cc1ccccc1F)C(=O)CN(c1ccc(Br)cc1)S(C)(=O)=O. The van der Waals surface area contributed by atoms with Gasteiger partial charge in [-0.15, -0.1) is 0 Å². The fourth-order valence-electron chi connectivity index (χ4n) is 3.95. The molecule has 0 spiro atoms. The van der Waals surface area contributed by atoms with Crippen molar-refractivity contribution in [3.05, 3.63) is 100 Å². The smallest absolute Gasteiger partial charge is 0.244 e. The molecule has 10 heteroatoms. The molecular formula is C28H31BrFN3O4S. The zero-order chi connectivity index (χ0) is 27.7. The van der Waals surface area contributed by atoms with E-state index in [1.54, 1.807) is 42.5 Å². The molecular weight excluding hydrogens is 573 g/mol. The largest absolute Gasteiger partial charge is 0.354 e. The summed E-state index contributed by atoms with van der Waals surface area (Å²) in [7, 11) is -3.86. The van der Waals surface area contributed by atoms with Crippen LogP contribution in [0.5, 0.6) is 0 Å². The third-order valence-electron chi connectivity index (χ3n) is 5.91. The number of hydrogen-bond donors (Lipinski definition) is 1. The summed E-state index contributed by atoms with van der Waals surface area (Å²) in [6, 6.07) is 20.7. The molecule has 7 nitrogen and oxygen atoms in total. The van der Waals surface area contributed by atoms with Crippen LogP contribution in [0.1, 0.15) is 24.5 Å². The van der Waals surface area contributed by atoms with Crippen molar-refractivity contribution in [2.45, 2.75) is 32.4 Å². The lowest BCUT2D eigenvalue weighted by Gasteiger charge is -2.33. The number of nitrogens with one attached hydrogen (secondary N) is 1. The van der Waals surface area contributed by atoms with E-state index in [4.69, 9.17) is 0 Å². The first-order chi connectivity index (χ1) is 18.1. The number of carbonyl (C=O) groups excluding carboxylic acids is 2. The number of benzene rings is 3. The average Bonchev–Trinajstić information content (AvgIpc) is 2.89. The number of carbonyl (C=O) groups is 2. The maximum atomic E-state index is 14.7. The van der Waals surface area contributed by atoms with Crippen molar-refractivity contribution in [1.29, 1.82) is 0 Å². The molecule has 1 N–H and O–H groups in total. The highest BCUT2D eigenvalue weighted by molar-refractivity contribution is 9.10. The van der Waals surface area contributed by atoms with Gasteiger partial charge in [-0.2, -0.15) is 0 Å². The molecule has 0 aliphatic heterocycles. The third-order valence-corrected chi connectivity index (χ3v) is 7.58. The lowest BCUT2D eigenvalue weighted by Crippen LogP contribution is -2.53. The van der Waals surface area contributed by atoms with Gasteiger partial charge in [0.1, 0.15) is 18.4 Å².